The first-order valence-electron chi connectivity index (χ1n) is 10.8. The third-order valence-corrected chi connectivity index (χ3v) is 5.21. The molecule has 3 aromatic rings. The van der Waals surface area contributed by atoms with Gasteiger partial charge in [-0.1, -0.05) is 36.4 Å². The molecule has 3 rings (SSSR count). The predicted molar refractivity (Wildman–Crippen MR) is 124 cm³/mol. The van der Waals surface area contributed by atoms with E-state index in [1.165, 1.54) is 0 Å². The lowest BCUT2D eigenvalue weighted by Gasteiger charge is -2.21. The zero-order valence-electron chi connectivity index (χ0n) is 19.2. The van der Waals surface area contributed by atoms with E-state index < -0.39 is 5.97 Å². The summed E-state index contributed by atoms with van der Waals surface area (Å²) in [6, 6.07) is 19.0. The first-order valence-corrected chi connectivity index (χ1v) is 10.8. The Balaban J connectivity index is 1.47. The normalized spacial score (nSPS) is 10.5. The summed E-state index contributed by atoms with van der Waals surface area (Å²) in [6.07, 6.45) is 0.541. The molecule has 1 heterocycles. The molecule has 0 unspecified atom stereocenters. The Kier molecular flexibility index (Phi) is 8.52. The molecular formula is C26H29NO6. The molecule has 2 aromatic carbocycles. The van der Waals surface area contributed by atoms with Gasteiger partial charge in [-0.05, 0) is 36.8 Å². The van der Waals surface area contributed by atoms with Gasteiger partial charge in [0.05, 0.1) is 20.6 Å². The lowest BCUT2D eigenvalue weighted by Crippen LogP contribution is -2.34. The second-order valence-electron chi connectivity index (χ2n) is 7.39. The third kappa shape index (κ3) is 6.62. The molecule has 0 N–H and O–H groups in total. The number of nitrogens with zero attached hydrogens (tertiary/aromatic N) is 1. The third-order valence-electron chi connectivity index (χ3n) is 5.21. The molecule has 0 bridgehead atoms. The van der Waals surface area contributed by atoms with E-state index in [4.69, 9.17) is 18.6 Å². The lowest BCUT2D eigenvalue weighted by atomic mass is 10.2. The summed E-state index contributed by atoms with van der Waals surface area (Å²) >= 11 is 0. The molecule has 0 fully saturated rings. The van der Waals surface area contributed by atoms with E-state index in [1.807, 2.05) is 61.5 Å². The number of methoxy groups -OCH3 is 2. The fourth-order valence-corrected chi connectivity index (χ4v) is 3.38. The number of aryl methyl sites for hydroxylation is 1. The average molecular weight is 452 g/mol. The second-order valence-corrected chi connectivity index (χ2v) is 7.39. The molecular weight excluding hydrogens is 422 g/mol. The van der Waals surface area contributed by atoms with Crippen LogP contribution in [0.2, 0.25) is 0 Å². The monoisotopic (exact) mass is 451 g/mol. The van der Waals surface area contributed by atoms with Crippen molar-refractivity contribution >= 4 is 11.9 Å². The van der Waals surface area contributed by atoms with Gasteiger partial charge in [0.15, 0.2) is 18.1 Å². The van der Waals surface area contributed by atoms with Crippen LogP contribution in [0.1, 0.15) is 24.7 Å². The standard InChI is InChI=1S/C26H29NO6/c1-4-27(17-19-10-13-23(30-2)24(16-19)31-3)25(28)18-32-26(29)15-12-21-11-14-22(33-21)20-8-6-5-7-9-20/h5-11,13-14,16H,4,12,15,17-18H2,1-3H3. The molecule has 1 aromatic heterocycles. The fourth-order valence-electron chi connectivity index (χ4n) is 3.38. The Hall–Kier alpha value is -3.74. The van der Waals surface area contributed by atoms with Gasteiger partial charge in [0.1, 0.15) is 11.5 Å². The van der Waals surface area contributed by atoms with Crippen LogP contribution in [-0.2, 0) is 27.3 Å². The van der Waals surface area contributed by atoms with Gasteiger partial charge >= 0.3 is 5.97 Å². The molecule has 174 valence electrons. The van der Waals surface area contributed by atoms with Crippen LogP contribution in [0.15, 0.2) is 65.1 Å². The minimum absolute atomic E-state index is 0.136. The number of rotatable bonds is 11. The van der Waals surface area contributed by atoms with Crippen molar-refractivity contribution in [2.24, 2.45) is 0 Å². The Morgan fingerprint density at radius 1 is 0.939 bits per heavy atom. The van der Waals surface area contributed by atoms with Crippen molar-refractivity contribution in [1.82, 2.24) is 4.90 Å². The van der Waals surface area contributed by atoms with E-state index in [0.29, 0.717) is 36.8 Å². The van der Waals surface area contributed by atoms with Crippen molar-refractivity contribution in [3.05, 3.63) is 72.0 Å². The highest BCUT2D eigenvalue weighted by atomic mass is 16.5. The summed E-state index contributed by atoms with van der Waals surface area (Å²) in [5.74, 6) is 1.96. The number of carbonyl (C=O) groups excluding carboxylic acids is 2. The molecule has 0 atom stereocenters. The number of ether oxygens (including phenoxy) is 3. The SMILES string of the molecule is CCN(Cc1ccc(OC)c(OC)c1)C(=O)COC(=O)CCc1ccc(-c2ccccc2)o1. The van der Waals surface area contributed by atoms with E-state index in [2.05, 4.69) is 0 Å². The molecule has 0 spiro atoms. The predicted octanol–water partition coefficient (Wildman–Crippen LogP) is 4.49. The van der Waals surface area contributed by atoms with Crippen molar-refractivity contribution in [2.75, 3.05) is 27.4 Å². The van der Waals surface area contributed by atoms with Crippen LogP contribution in [0.5, 0.6) is 11.5 Å². The van der Waals surface area contributed by atoms with Crippen LogP contribution < -0.4 is 9.47 Å². The number of benzene rings is 2. The molecule has 33 heavy (non-hydrogen) atoms. The van der Waals surface area contributed by atoms with E-state index in [-0.39, 0.29) is 18.9 Å². The first kappa shape index (κ1) is 23.9. The zero-order valence-corrected chi connectivity index (χ0v) is 19.2. The first-order chi connectivity index (χ1) is 16.0. The second kappa shape index (κ2) is 11.8. The highest BCUT2D eigenvalue weighted by Gasteiger charge is 2.16. The van der Waals surface area contributed by atoms with Gasteiger partial charge < -0.3 is 23.5 Å². The minimum atomic E-state index is -0.441. The van der Waals surface area contributed by atoms with E-state index >= 15 is 0 Å². The van der Waals surface area contributed by atoms with Crippen LogP contribution in [0.25, 0.3) is 11.3 Å². The van der Waals surface area contributed by atoms with E-state index in [0.717, 1.165) is 16.9 Å². The van der Waals surface area contributed by atoms with Gasteiger partial charge in [-0.15, -0.1) is 0 Å². The number of hydrogen-bond donors (Lipinski definition) is 0. The lowest BCUT2D eigenvalue weighted by molar-refractivity contribution is -0.152. The molecule has 1 amide bonds. The Morgan fingerprint density at radius 3 is 2.39 bits per heavy atom. The molecule has 0 saturated carbocycles. The minimum Gasteiger partial charge on any atom is -0.493 e. The number of hydrogen-bond acceptors (Lipinski definition) is 6. The summed E-state index contributed by atoms with van der Waals surface area (Å²) in [7, 11) is 3.14. The zero-order chi connectivity index (χ0) is 23.6. The van der Waals surface area contributed by atoms with Crippen LogP contribution in [-0.4, -0.2) is 44.1 Å². The molecule has 0 radical (unpaired) electrons. The van der Waals surface area contributed by atoms with Gasteiger partial charge in [-0.25, -0.2) is 0 Å². The molecule has 0 aliphatic rings. The van der Waals surface area contributed by atoms with Gasteiger partial charge in [0.25, 0.3) is 5.91 Å². The van der Waals surface area contributed by atoms with E-state index in [1.54, 1.807) is 25.2 Å². The molecule has 0 aliphatic heterocycles. The smallest absolute Gasteiger partial charge is 0.306 e. The van der Waals surface area contributed by atoms with Crippen LogP contribution in [0, 0.1) is 0 Å². The molecule has 0 saturated heterocycles. The van der Waals surface area contributed by atoms with Crippen molar-refractivity contribution in [2.45, 2.75) is 26.3 Å². The molecule has 7 nitrogen and oxygen atoms in total. The highest BCUT2D eigenvalue weighted by Crippen LogP contribution is 2.28. The summed E-state index contributed by atoms with van der Waals surface area (Å²) in [4.78, 5) is 26.3. The number of furan rings is 1. The Morgan fingerprint density at radius 2 is 1.70 bits per heavy atom. The van der Waals surface area contributed by atoms with Crippen molar-refractivity contribution < 1.29 is 28.2 Å². The molecule has 0 aliphatic carbocycles. The van der Waals surface area contributed by atoms with Gasteiger partial charge in [-0.3, -0.25) is 9.59 Å². The Bertz CT molecular complexity index is 1060. The highest BCUT2D eigenvalue weighted by molar-refractivity contribution is 5.80. The quantitative estimate of drug-likeness (QED) is 0.400. The fraction of sp³-hybridized carbons (Fsp3) is 0.308. The van der Waals surface area contributed by atoms with Gasteiger partial charge in [0, 0.05) is 25.1 Å². The van der Waals surface area contributed by atoms with Crippen LogP contribution in [0.3, 0.4) is 0 Å². The number of carbonyl (C=O) groups is 2. The summed E-state index contributed by atoms with van der Waals surface area (Å²) in [5, 5.41) is 0. The van der Waals surface area contributed by atoms with Gasteiger partial charge in [-0.2, -0.15) is 0 Å². The maximum absolute atomic E-state index is 12.6. The summed E-state index contributed by atoms with van der Waals surface area (Å²) < 4.78 is 21.6. The molecule has 7 heteroatoms. The number of likely N-dealkylation sites (N-methyl/N-ethyl adjacent to an activating group) is 1. The van der Waals surface area contributed by atoms with Crippen LogP contribution in [0.4, 0.5) is 0 Å². The topological polar surface area (TPSA) is 78.2 Å². The number of esters is 1. The average Bonchev–Trinajstić information content (AvgIpc) is 3.34. The van der Waals surface area contributed by atoms with Crippen molar-refractivity contribution in [3.8, 4) is 22.8 Å². The van der Waals surface area contributed by atoms with Crippen molar-refractivity contribution in [1.29, 1.82) is 0 Å². The van der Waals surface area contributed by atoms with Crippen LogP contribution >= 0.6 is 0 Å². The largest absolute Gasteiger partial charge is 0.493 e. The van der Waals surface area contributed by atoms with Crippen molar-refractivity contribution in [3.63, 3.8) is 0 Å². The summed E-state index contributed by atoms with van der Waals surface area (Å²) in [5.41, 5.74) is 1.87. The Labute approximate surface area is 193 Å². The van der Waals surface area contributed by atoms with E-state index in [9.17, 15) is 9.59 Å². The maximum Gasteiger partial charge on any atom is 0.306 e. The summed E-state index contributed by atoms with van der Waals surface area (Å²) in [6.45, 7) is 2.44. The number of amides is 1. The van der Waals surface area contributed by atoms with Gasteiger partial charge in [0.2, 0.25) is 0 Å². The maximum atomic E-state index is 12.6.